The van der Waals surface area contributed by atoms with E-state index in [1.54, 1.807) is 12.4 Å². The Hall–Kier alpha value is -3.38. The molecule has 6 nitrogen and oxygen atoms in total. The average Bonchev–Trinajstić information content (AvgIpc) is 2.76. The first-order chi connectivity index (χ1) is 14.8. The van der Waals surface area contributed by atoms with Crippen LogP contribution in [0, 0.1) is 0 Å². The molecule has 0 saturated carbocycles. The van der Waals surface area contributed by atoms with Crippen molar-refractivity contribution in [2.24, 2.45) is 0 Å². The van der Waals surface area contributed by atoms with Gasteiger partial charge in [-0.05, 0) is 43.5 Å². The van der Waals surface area contributed by atoms with E-state index < -0.39 is 11.7 Å². The molecule has 1 heterocycles. The summed E-state index contributed by atoms with van der Waals surface area (Å²) < 4.78 is 11.4. The minimum absolute atomic E-state index is 0.00715. The zero-order valence-corrected chi connectivity index (χ0v) is 18.0. The predicted octanol–water partition coefficient (Wildman–Crippen LogP) is 4.89. The summed E-state index contributed by atoms with van der Waals surface area (Å²) in [6, 6.07) is 18.7. The molecular weight excluding hydrogens is 392 g/mol. The van der Waals surface area contributed by atoms with Gasteiger partial charge in [-0.25, -0.2) is 4.79 Å². The number of hydrogen-bond donors (Lipinski definition) is 2. The number of aliphatic hydroxyl groups excluding tert-OH is 1. The lowest BCUT2D eigenvalue weighted by Gasteiger charge is -2.24. The maximum atomic E-state index is 12.3. The van der Waals surface area contributed by atoms with Crippen molar-refractivity contribution < 1.29 is 19.4 Å². The molecule has 31 heavy (non-hydrogen) atoms. The van der Waals surface area contributed by atoms with Crippen LogP contribution < -0.4 is 10.1 Å². The number of alkyl carbamates (subject to hydrolysis) is 1. The summed E-state index contributed by atoms with van der Waals surface area (Å²) in [6.45, 7) is 5.70. The molecular formula is C25H28N2O4. The second-order valence-electron chi connectivity index (χ2n) is 8.18. The number of carbonyl (C=O) groups is 1. The second kappa shape index (κ2) is 10.1. The van der Waals surface area contributed by atoms with Crippen LogP contribution >= 0.6 is 0 Å². The third kappa shape index (κ3) is 6.83. The number of benzene rings is 2. The lowest BCUT2D eigenvalue weighted by atomic mass is 10.1. The van der Waals surface area contributed by atoms with Crippen LogP contribution in [0.4, 0.5) is 4.79 Å². The lowest BCUT2D eigenvalue weighted by molar-refractivity contribution is 0.0487. The topological polar surface area (TPSA) is 80.7 Å². The molecule has 1 amide bonds. The van der Waals surface area contributed by atoms with Crippen LogP contribution in [0.15, 0.2) is 73.1 Å². The first kappa shape index (κ1) is 22.3. The summed E-state index contributed by atoms with van der Waals surface area (Å²) in [5.74, 6) is 0.593. The minimum atomic E-state index is -0.587. The summed E-state index contributed by atoms with van der Waals surface area (Å²) in [6.07, 6.45) is 2.90. The summed E-state index contributed by atoms with van der Waals surface area (Å²) in [7, 11) is 0. The van der Waals surface area contributed by atoms with Gasteiger partial charge in [-0.2, -0.15) is 0 Å². The first-order valence-electron chi connectivity index (χ1n) is 10.2. The molecule has 1 aromatic heterocycles. The summed E-state index contributed by atoms with van der Waals surface area (Å²) in [5.41, 5.74) is 3.05. The number of carbonyl (C=O) groups excluding carboxylic acids is 1. The number of aliphatic hydroxyl groups is 1. The minimum Gasteiger partial charge on any atom is -0.489 e. The van der Waals surface area contributed by atoms with Gasteiger partial charge in [-0.1, -0.05) is 54.6 Å². The van der Waals surface area contributed by atoms with Crippen LogP contribution in [0.5, 0.6) is 5.75 Å². The van der Waals surface area contributed by atoms with Gasteiger partial charge in [0.05, 0.1) is 18.8 Å². The van der Waals surface area contributed by atoms with Crippen LogP contribution in [0.1, 0.15) is 37.9 Å². The van der Waals surface area contributed by atoms with Gasteiger partial charge >= 0.3 is 6.09 Å². The average molecular weight is 421 g/mol. The Balaban J connectivity index is 1.72. The fourth-order valence-electron chi connectivity index (χ4n) is 2.99. The molecule has 0 saturated heterocycles. The maximum Gasteiger partial charge on any atom is 0.408 e. The Morgan fingerprint density at radius 1 is 1.03 bits per heavy atom. The number of nitrogens with one attached hydrogen (secondary N) is 1. The highest BCUT2D eigenvalue weighted by atomic mass is 16.6. The zero-order valence-electron chi connectivity index (χ0n) is 18.0. The van der Waals surface area contributed by atoms with Crippen LogP contribution in [0.2, 0.25) is 0 Å². The Morgan fingerprint density at radius 3 is 2.39 bits per heavy atom. The van der Waals surface area contributed by atoms with Crippen molar-refractivity contribution in [3.63, 3.8) is 0 Å². The number of nitrogens with zero attached hydrogens (tertiary/aromatic N) is 1. The van der Waals surface area contributed by atoms with E-state index in [1.165, 1.54) is 0 Å². The molecule has 0 aliphatic heterocycles. The van der Waals surface area contributed by atoms with Crippen molar-refractivity contribution in [1.29, 1.82) is 0 Å². The van der Waals surface area contributed by atoms with Crippen LogP contribution in [-0.4, -0.2) is 28.4 Å². The second-order valence-corrected chi connectivity index (χ2v) is 8.18. The molecule has 0 aliphatic rings. The van der Waals surface area contributed by atoms with Crippen molar-refractivity contribution >= 4 is 6.09 Å². The van der Waals surface area contributed by atoms with E-state index in [2.05, 4.69) is 10.3 Å². The van der Waals surface area contributed by atoms with Gasteiger partial charge in [-0.3, -0.25) is 4.98 Å². The summed E-state index contributed by atoms with van der Waals surface area (Å²) >= 11 is 0. The van der Waals surface area contributed by atoms with Crippen molar-refractivity contribution in [2.45, 2.75) is 39.0 Å². The van der Waals surface area contributed by atoms with Crippen LogP contribution in [-0.2, 0) is 11.3 Å². The summed E-state index contributed by atoms with van der Waals surface area (Å²) in [5, 5.41) is 12.1. The van der Waals surface area contributed by atoms with Gasteiger partial charge in [0.2, 0.25) is 0 Å². The number of aromatic nitrogens is 1. The van der Waals surface area contributed by atoms with E-state index in [0.717, 1.165) is 22.3 Å². The van der Waals surface area contributed by atoms with E-state index >= 15 is 0 Å². The fraction of sp³-hybridized carbons (Fsp3) is 0.280. The van der Waals surface area contributed by atoms with E-state index in [1.807, 2.05) is 81.4 Å². The largest absolute Gasteiger partial charge is 0.489 e. The van der Waals surface area contributed by atoms with Gasteiger partial charge < -0.3 is 19.9 Å². The molecule has 0 spiro atoms. The number of hydrogen-bond acceptors (Lipinski definition) is 5. The molecule has 2 N–H and O–H groups in total. The maximum absolute atomic E-state index is 12.3. The molecule has 0 radical (unpaired) electrons. The lowest BCUT2D eigenvalue weighted by Crippen LogP contribution is -2.37. The molecule has 3 rings (SSSR count). The first-order valence-corrected chi connectivity index (χ1v) is 10.2. The molecule has 3 aromatic rings. The third-order valence-electron chi connectivity index (χ3n) is 4.49. The van der Waals surface area contributed by atoms with Crippen molar-refractivity contribution in [3.8, 4) is 16.9 Å². The van der Waals surface area contributed by atoms with Crippen molar-refractivity contribution in [2.75, 3.05) is 6.61 Å². The van der Waals surface area contributed by atoms with E-state index in [-0.39, 0.29) is 19.3 Å². The quantitative estimate of drug-likeness (QED) is 0.569. The highest BCUT2D eigenvalue weighted by Crippen LogP contribution is 2.24. The molecule has 1 atom stereocenters. The van der Waals surface area contributed by atoms with Crippen molar-refractivity contribution in [3.05, 3.63) is 84.2 Å². The Kier molecular flexibility index (Phi) is 7.26. The molecule has 0 fully saturated rings. The number of rotatable bonds is 7. The smallest absolute Gasteiger partial charge is 0.408 e. The molecule has 0 aliphatic carbocycles. The van der Waals surface area contributed by atoms with Gasteiger partial charge in [-0.15, -0.1) is 0 Å². The number of pyridine rings is 1. The normalized spacial score (nSPS) is 12.1. The molecule has 162 valence electrons. The van der Waals surface area contributed by atoms with Crippen LogP contribution in [0.25, 0.3) is 11.1 Å². The monoisotopic (exact) mass is 420 g/mol. The molecule has 6 heteroatoms. The van der Waals surface area contributed by atoms with E-state index in [4.69, 9.17) is 9.47 Å². The SMILES string of the molecule is CC(C)(C)OC(=O)N[C@H](COc1cncc(-c2ccc(CO)cc2)c1)c1ccccc1. The Morgan fingerprint density at radius 2 is 1.74 bits per heavy atom. The summed E-state index contributed by atoms with van der Waals surface area (Å²) in [4.78, 5) is 16.6. The van der Waals surface area contributed by atoms with Gasteiger partial charge in [0.15, 0.2) is 0 Å². The van der Waals surface area contributed by atoms with E-state index in [9.17, 15) is 9.90 Å². The predicted molar refractivity (Wildman–Crippen MR) is 120 cm³/mol. The Labute approximate surface area is 182 Å². The highest BCUT2D eigenvalue weighted by Gasteiger charge is 2.21. The molecule has 2 aromatic carbocycles. The van der Waals surface area contributed by atoms with Crippen LogP contribution in [0.3, 0.4) is 0 Å². The van der Waals surface area contributed by atoms with Gasteiger partial charge in [0.25, 0.3) is 0 Å². The fourth-order valence-corrected chi connectivity index (χ4v) is 2.99. The van der Waals surface area contributed by atoms with Crippen molar-refractivity contribution in [1.82, 2.24) is 10.3 Å². The number of amides is 1. The van der Waals surface area contributed by atoms with Gasteiger partial charge in [0, 0.05) is 11.8 Å². The molecule has 0 unspecified atom stereocenters. The Bertz CT molecular complexity index is 982. The number of ether oxygens (including phenoxy) is 2. The highest BCUT2D eigenvalue weighted by molar-refractivity contribution is 5.68. The van der Waals surface area contributed by atoms with E-state index in [0.29, 0.717) is 5.75 Å². The van der Waals surface area contributed by atoms with Gasteiger partial charge in [0.1, 0.15) is 18.0 Å². The standard InChI is InChI=1S/C25H28N2O4/c1-25(2,3)31-24(29)27-23(20-7-5-4-6-8-20)17-30-22-13-21(14-26-15-22)19-11-9-18(16-28)10-12-19/h4-15,23,28H,16-17H2,1-3H3,(H,27,29)/t23-/m1/s1. The zero-order chi connectivity index (χ0) is 22.3. The third-order valence-corrected chi connectivity index (χ3v) is 4.49. The molecule has 0 bridgehead atoms.